The molecule has 6 aromatic heterocycles. The number of thiazole rings is 1. The molecule has 3 fully saturated rings. The number of fused-ring (bicyclic) bond motifs is 6. The van der Waals surface area contributed by atoms with Gasteiger partial charge >= 0.3 is 0 Å². The van der Waals surface area contributed by atoms with Gasteiger partial charge in [0.2, 0.25) is 5.78 Å². The number of halogens is 4. The lowest BCUT2D eigenvalue weighted by molar-refractivity contribution is 0.0790. The summed E-state index contributed by atoms with van der Waals surface area (Å²) in [7, 11) is -11.2. The van der Waals surface area contributed by atoms with Gasteiger partial charge in [0.1, 0.15) is 34.7 Å². The summed E-state index contributed by atoms with van der Waals surface area (Å²) in [6.07, 6.45) is 19.7. The van der Waals surface area contributed by atoms with Gasteiger partial charge in [0.05, 0.1) is 99.4 Å². The molecule has 0 saturated heterocycles. The molecule has 117 heavy (non-hydrogen) atoms. The average Bonchev–Trinajstić information content (AvgIpc) is 1.72. The normalized spacial score (nSPS) is 20.6. The van der Waals surface area contributed by atoms with Crippen LogP contribution in [0.1, 0.15) is 156 Å². The summed E-state index contributed by atoms with van der Waals surface area (Å²) in [4.78, 5) is 56.4. The summed E-state index contributed by atoms with van der Waals surface area (Å²) >= 11 is 1.27. The third kappa shape index (κ3) is 14.7. The lowest BCUT2D eigenvalue weighted by atomic mass is 9.61. The number of hydrogen-bond donors (Lipinski definition) is 0. The Hall–Kier alpha value is -11.3. The zero-order valence-electron chi connectivity index (χ0n) is 64.8. The maximum atomic E-state index is 14.4. The van der Waals surface area contributed by atoms with Gasteiger partial charge in [-0.15, -0.1) is 11.3 Å². The molecule has 3 saturated carbocycles. The molecule has 6 aliphatic carbocycles. The molecule has 26 heteroatoms. The van der Waals surface area contributed by atoms with Crippen molar-refractivity contribution in [2.24, 2.45) is 16.2 Å². The first-order valence-corrected chi connectivity index (χ1v) is 44.1. The minimum absolute atomic E-state index is 0.0562. The van der Waals surface area contributed by atoms with Crippen LogP contribution >= 0.6 is 11.3 Å². The summed E-state index contributed by atoms with van der Waals surface area (Å²) in [6, 6.07) is 41.3. The number of benzene rings is 6. The van der Waals surface area contributed by atoms with Crippen molar-refractivity contribution < 1.29 is 57.2 Å². The number of hydrogen-bond acceptors (Lipinski definition) is 16. The fraction of sp³-hybridized carbons (Fsp3) is 0.264. The number of carbonyl (C=O) groups excluding carboxylic acids is 3. The highest BCUT2D eigenvalue weighted by Gasteiger charge is 2.56. The number of pyridine rings is 2. The molecular weight excluding hydrogens is 1570 g/mol. The molecule has 6 aliphatic rings. The van der Waals surface area contributed by atoms with Crippen LogP contribution in [-0.4, -0.2) is 103 Å². The van der Waals surface area contributed by atoms with Crippen molar-refractivity contribution in [3.8, 4) is 17.1 Å². The second kappa shape index (κ2) is 30.9. The third-order valence-electron chi connectivity index (χ3n) is 24.2. The molecule has 0 bridgehead atoms. The number of carbonyl (C=O) groups is 3. The van der Waals surface area contributed by atoms with Crippen LogP contribution in [0.15, 0.2) is 232 Å². The van der Waals surface area contributed by atoms with Crippen molar-refractivity contribution in [2.75, 3.05) is 0 Å². The van der Waals surface area contributed by atoms with Gasteiger partial charge in [0, 0.05) is 24.0 Å². The monoisotopic (exact) mass is 1650 g/mol. The molecule has 0 aliphatic heterocycles. The van der Waals surface area contributed by atoms with Crippen LogP contribution < -0.4 is 0 Å². The van der Waals surface area contributed by atoms with Gasteiger partial charge in [-0.25, -0.2) is 61.8 Å². The maximum absolute atomic E-state index is 14.4. The Balaban J connectivity index is 0.000000132. The van der Waals surface area contributed by atoms with Crippen LogP contribution in [0.4, 0.5) is 17.6 Å². The van der Waals surface area contributed by atoms with Crippen LogP contribution in [0.5, 0.6) is 0 Å². The van der Waals surface area contributed by atoms with E-state index in [1.807, 2.05) is 71.0 Å². The van der Waals surface area contributed by atoms with Crippen LogP contribution in [0.3, 0.4) is 0 Å². The largest absolute Gasteiger partial charge is 0.291 e. The van der Waals surface area contributed by atoms with Gasteiger partial charge in [-0.2, -0.15) is 15.3 Å². The average molecular weight is 1650 g/mol. The number of aromatic nitrogens is 9. The van der Waals surface area contributed by atoms with E-state index in [1.165, 1.54) is 72.9 Å². The smallest absolute Gasteiger partial charge is 0.201 e. The third-order valence-corrected chi connectivity index (χ3v) is 31.6. The van der Waals surface area contributed by atoms with Crippen molar-refractivity contribution in [2.45, 2.75) is 149 Å². The predicted octanol–water partition coefficient (Wildman–Crippen LogP) is 17.8. The first kappa shape index (κ1) is 79.5. The standard InChI is InChI=1S/C32H30FN3O3S.C31H27F2N3O3S.C28H24FN3O3S2/c1-20-12-13-34-29(14-20)31(37)32-17-23-19-35-36(26-8-6-25(33)7-9-26)30(23)16-24(32)5-11-28(18-32)40(38,39)27-10-4-21(2)22(3)15-27;1-19-11-12-34-28(13-19)30(37)31-16-21-18-35-36(24-6-4-23(32)5-7-24)29(21)15-22(31)3-8-26(17-31)40(38,39)25-9-10-27(33)20(2)14-25;1-18-2-9-23(10-3-18)37(34,35)24-11-4-20-14-25-19(17-31-32(25)22-7-5-21(29)6-8-22)15-28(20,16-24)26(33)27-30-12-13-36-27/h4,6-10,12-16,19,28H,5,11,17-18H2,1-3H3;4-7,9-15,18,26H,3,8,16-17H2,1-2H3;2-3,5-10,12-14,17,24H,4,11,15-16H2,1H3/t28-,32-;26-,31-;24-,28+/m001/s1. The van der Waals surface area contributed by atoms with Crippen LogP contribution in [0.25, 0.3) is 35.3 Å². The highest BCUT2D eigenvalue weighted by molar-refractivity contribution is 7.92. The van der Waals surface area contributed by atoms with Gasteiger partial charge in [0.15, 0.2) is 46.1 Å². The highest BCUT2D eigenvalue weighted by atomic mass is 32.2. The minimum Gasteiger partial charge on any atom is -0.291 e. The molecule has 18 rings (SSSR count). The van der Waals surface area contributed by atoms with E-state index in [4.69, 9.17) is 0 Å². The Bertz CT molecular complexity index is 6170. The quantitative estimate of drug-likeness (QED) is 0.0526. The Morgan fingerprint density at radius 1 is 0.393 bits per heavy atom. The number of ketones is 3. The van der Waals surface area contributed by atoms with E-state index >= 15 is 0 Å². The number of rotatable bonds is 15. The molecule has 0 N–H and O–H groups in total. The molecule has 0 amide bonds. The first-order valence-electron chi connectivity index (χ1n) is 38.6. The van der Waals surface area contributed by atoms with Crippen molar-refractivity contribution in [3.63, 3.8) is 0 Å². The zero-order valence-corrected chi connectivity index (χ0v) is 68.1. The second-order valence-corrected chi connectivity index (χ2v) is 39.2. The van der Waals surface area contributed by atoms with Gasteiger partial charge in [0.25, 0.3) is 0 Å². The van der Waals surface area contributed by atoms with E-state index in [2.05, 4.69) is 30.2 Å². The summed E-state index contributed by atoms with van der Waals surface area (Å²) in [5.74, 6) is -2.01. The molecule has 6 heterocycles. The molecule has 0 spiro atoms. The molecule has 0 unspecified atom stereocenters. The lowest BCUT2D eigenvalue weighted by Crippen LogP contribution is -2.45. The molecule has 596 valence electrons. The summed E-state index contributed by atoms with van der Waals surface area (Å²) in [5.41, 5.74) is 12.1. The van der Waals surface area contributed by atoms with Crippen molar-refractivity contribution in [1.82, 2.24) is 44.3 Å². The number of aryl methyl sites for hydroxylation is 6. The van der Waals surface area contributed by atoms with Gasteiger partial charge < -0.3 is 0 Å². The molecule has 0 radical (unpaired) electrons. The van der Waals surface area contributed by atoms with E-state index in [1.54, 1.807) is 142 Å². The van der Waals surface area contributed by atoms with Crippen molar-refractivity contribution >= 4 is 76.4 Å². The SMILES string of the molecule is Cc1ccc(S(=O)(=O)[C@@H]2CCC3=Cc4c(cnn4-c4ccc(F)cc4)C[C@]3(C(=O)c3nccs3)C2)cc1.Cc1ccnc(C(=O)[C@]23Cc4cnn(-c5ccc(F)cc5)c4C=C2CC[C@H](S(=O)(=O)c2ccc(C)c(C)c2)C3)c1.Cc1ccnc(C(=O)[C@]23Cc4cnn(-c5ccc(F)cc5)c4C=C2CC[C@H](S(=O)(=O)c2ccc(F)c(C)c2)C3)c1. The Morgan fingerprint density at radius 2 is 0.761 bits per heavy atom. The second-order valence-electron chi connectivity index (χ2n) is 31.6. The Morgan fingerprint density at radius 3 is 1.13 bits per heavy atom. The van der Waals surface area contributed by atoms with Crippen LogP contribution in [0, 0.1) is 81.1 Å². The van der Waals surface area contributed by atoms with E-state index in [-0.39, 0.29) is 81.5 Å². The Kier molecular flexibility index (Phi) is 21.0. The molecule has 18 nitrogen and oxygen atoms in total. The topological polar surface area (TPSA) is 246 Å². The number of Topliss-reactive ketones (excluding diaryl/α,β-unsaturated/α-hetero) is 3. The molecule has 6 atom stereocenters. The van der Waals surface area contributed by atoms with E-state index in [0.717, 1.165) is 78.3 Å². The van der Waals surface area contributed by atoms with E-state index in [0.29, 0.717) is 84.0 Å². The Labute approximate surface area is 679 Å². The van der Waals surface area contributed by atoms with Gasteiger partial charge in [-0.3, -0.25) is 24.4 Å². The summed E-state index contributed by atoms with van der Waals surface area (Å²) in [6.45, 7) is 11.1. The van der Waals surface area contributed by atoms with Gasteiger partial charge in [-0.1, -0.05) is 40.5 Å². The summed E-state index contributed by atoms with van der Waals surface area (Å²) in [5, 5.41) is 13.6. The summed E-state index contributed by atoms with van der Waals surface area (Å²) < 4.78 is 143. The fourth-order valence-corrected chi connectivity index (χ4v) is 24.0. The first-order chi connectivity index (χ1) is 55.9. The molecule has 6 aromatic carbocycles. The lowest BCUT2D eigenvalue weighted by Gasteiger charge is -2.43. The zero-order chi connectivity index (χ0) is 82.3. The van der Waals surface area contributed by atoms with E-state index < -0.39 is 67.3 Å². The van der Waals surface area contributed by atoms with Gasteiger partial charge in [-0.05, 0) is 321 Å². The van der Waals surface area contributed by atoms with Crippen LogP contribution in [0.2, 0.25) is 0 Å². The maximum Gasteiger partial charge on any atom is 0.201 e. The molecule has 12 aromatic rings. The van der Waals surface area contributed by atoms with E-state index in [9.17, 15) is 57.2 Å². The minimum atomic E-state index is -3.86. The van der Waals surface area contributed by atoms with Crippen molar-refractivity contribution in [1.29, 1.82) is 0 Å². The number of nitrogens with zero attached hydrogens (tertiary/aromatic N) is 9. The predicted molar refractivity (Wildman–Crippen MR) is 439 cm³/mol. The number of allylic oxidation sites excluding steroid dienone is 3. The number of sulfone groups is 3. The highest BCUT2D eigenvalue weighted by Crippen LogP contribution is 2.56. The van der Waals surface area contributed by atoms with Crippen molar-refractivity contribution in [3.05, 3.63) is 324 Å². The van der Waals surface area contributed by atoms with Crippen LogP contribution in [-0.2, 0) is 48.8 Å². The molecular formula is C91H81F4N9O9S4. The fourth-order valence-electron chi connectivity index (χ4n) is 17.7.